The van der Waals surface area contributed by atoms with Gasteiger partial charge in [-0.1, -0.05) is 47.3 Å². The molecule has 0 atom stereocenters. The van der Waals surface area contributed by atoms with E-state index in [1.807, 2.05) is 0 Å². The van der Waals surface area contributed by atoms with E-state index in [0.29, 0.717) is 5.06 Å². The van der Waals surface area contributed by atoms with Crippen LogP contribution in [0.5, 0.6) is 0 Å². The second-order valence-corrected chi connectivity index (χ2v) is 8.50. The molecule has 1 aliphatic heterocycles. The van der Waals surface area contributed by atoms with Crippen molar-refractivity contribution in [2.75, 3.05) is 5.75 Å². The minimum atomic E-state index is -3.74. The van der Waals surface area contributed by atoms with E-state index in [9.17, 15) is 22.8 Å². The first-order chi connectivity index (χ1) is 12.7. The second-order valence-electron chi connectivity index (χ2n) is 5.47. The lowest BCUT2D eigenvalue weighted by atomic mass is 10.1. The number of hydrogen-bond acceptors (Lipinski definition) is 6. The zero-order valence-corrected chi connectivity index (χ0v) is 16.1. The Balaban J connectivity index is 1.98. The molecule has 2 aromatic carbocycles. The molecule has 2 amide bonds. The minimum Gasteiger partial charge on any atom is -0.324 e. The summed E-state index contributed by atoms with van der Waals surface area (Å²) >= 11 is 12.0. The Morgan fingerprint density at radius 3 is 2.11 bits per heavy atom. The van der Waals surface area contributed by atoms with Gasteiger partial charge < -0.3 is 4.84 Å². The van der Waals surface area contributed by atoms with Crippen LogP contribution in [0.4, 0.5) is 0 Å². The van der Waals surface area contributed by atoms with Gasteiger partial charge in [-0.15, -0.1) is 0 Å². The predicted molar refractivity (Wildman–Crippen MR) is 96.5 cm³/mol. The molecule has 3 rings (SSSR count). The number of hydroxylamine groups is 2. The molecule has 0 N–H and O–H groups in total. The fourth-order valence-corrected chi connectivity index (χ4v) is 4.33. The van der Waals surface area contributed by atoms with Crippen LogP contribution in [0.3, 0.4) is 0 Å². The summed E-state index contributed by atoms with van der Waals surface area (Å²) in [6.45, 7) is 1.41. The van der Waals surface area contributed by atoms with Crippen molar-refractivity contribution in [1.29, 1.82) is 0 Å². The molecular weight excluding hydrogens is 417 g/mol. The molecule has 0 radical (unpaired) electrons. The molecule has 2 aromatic rings. The number of amides is 2. The standard InChI is InChI=1S/C17H11Cl2NO6S/c1-2-27(24,25)12-8-7-11(18)13(14(12)19)17(23)26-20-15(21)9-5-3-4-6-10(9)16(20)22/h3-8H,2H2,1H3. The molecule has 7 nitrogen and oxygen atoms in total. The number of nitrogens with zero attached hydrogens (tertiary/aromatic N) is 1. The quantitative estimate of drug-likeness (QED) is 0.694. The molecule has 0 unspecified atom stereocenters. The second kappa shape index (κ2) is 6.95. The van der Waals surface area contributed by atoms with Crippen molar-refractivity contribution in [3.8, 4) is 0 Å². The smallest absolute Gasteiger partial charge is 0.324 e. The summed E-state index contributed by atoms with van der Waals surface area (Å²) in [5.74, 6) is -3.13. The molecule has 0 aliphatic carbocycles. The minimum absolute atomic E-state index is 0.0785. The van der Waals surface area contributed by atoms with Crippen LogP contribution in [-0.2, 0) is 14.7 Å². The first-order valence-corrected chi connectivity index (χ1v) is 10.0. The van der Waals surface area contributed by atoms with Crippen molar-refractivity contribution < 1.29 is 27.6 Å². The highest BCUT2D eigenvalue weighted by Crippen LogP contribution is 2.33. The van der Waals surface area contributed by atoms with Gasteiger partial charge in [0.1, 0.15) is 5.56 Å². The molecular formula is C17H11Cl2NO6S. The highest BCUT2D eigenvalue weighted by Gasteiger charge is 2.39. The van der Waals surface area contributed by atoms with Gasteiger partial charge in [0.05, 0.1) is 31.8 Å². The first kappa shape index (κ1) is 19.3. The van der Waals surface area contributed by atoms with Crippen LogP contribution in [-0.4, -0.2) is 37.0 Å². The van der Waals surface area contributed by atoms with E-state index in [1.54, 1.807) is 12.1 Å². The van der Waals surface area contributed by atoms with Crippen molar-refractivity contribution in [3.05, 3.63) is 63.1 Å². The van der Waals surface area contributed by atoms with Crippen LogP contribution >= 0.6 is 23.2 Å². The van der Waals surface area contributed by atoms with Gasteiger partial charge in [-0.3, -0.25) is 9.59 Å². The molecule has 0 fully saturated rings. The average Bonchev–Trinajstić information content (AvgIpc) is 2.87. The third-order valence-electron chi connectivity index (χ3n) is 3.91. The number of rotatable bonds is 4. The predicted octanol–water partition coefficient (Wildman–Crippen LogP) is 3.16. The van der Waals surface area contributed by atoms with Crippen molar-refractivity contribution in [1.82, 2.24) is 5.06 Å². The molecule has 140 valence electrons. The van der Waals surface area contributed by atoms with Gasteiger partial charge in [-0.05, 0) is 24.3 Å². The summed E-state index contributed by atoms with van der Waals surface area (Å²) in [6, 6.07) is 8.29. The lowest BCUT2D eigenvalue weighted by molar-refractivity contribution is -0.0584. The van der Waals surface area contributed by atoms with E-state index in [2.05, 4.69) is 0 Å². The number of sulfone groups is 1. The van der Waals surface area contributed by atoms with Gasteiger partial charge in [0.2, 0.25) is 0 Å². The maximum Gasteiger partial charge on any atom is 0.367 e. The molecule has 0 bridgehead atoms. The summed E-state index contributed by atoms with van der Waals surface area (Å²) in [5, 5.41) is -0.330. The van der Waals surface area contributed by atoms with E-state index in [1.165, 1.54) is 31.2 Å². The number of carbonyl (C=O) groups is 3. The normalized spacial score (nSPS) is 13.7. The number of fused-ring (bicyclic) bond motifs is 1. The number of imide groups is 1. The van der Waals surface area contributed by atoms with Crippen molar-refractivity contribution in [2.24, 2.45) is 0 Å². The monoisotopic (exact) mass is 427 g/mol. The van der Waals surface area contributed by atoms with Crippen LogP contribution < -0.4 is 0 Å². The topological polar surface area (TPSA) is 97.8 Å². The highest BCUT2D eigenvalue weighted by molar-refractivity contribution is 7.91. The number of benzene rings is 2. The molecule has 27 heavy (non-hydrogen) atoms. The Kier molecular flexibility index (Phi) is 4.98. The Hall–Kier alpha value is -2.42. The summed E-state index contributed by atoms with van der Waals surface area (Å²) in [5.41, 5.74) is -0.297. The van der Waals surface area contributed by atoms with Crippen LogP contribution in [0, 0.1) is 0 Å². The van der Waals surface area contributed by atoms with Crippen LogP contribution in [0.1, 0.15) is 38.0 Å². The molecule has 0 saturated carbocycles. The Labute approximate surface area is 164 Å². The van der Waals surface area contributed by atoms with Gasteiger partial charge >= 0.3 is 5.97 Å². The fourth-order valence-electron chi connectivity index (χ4n) is 2.49. The van der Waals surface area contributed by atoms with Gasteiger partial charge in [0.25, 0.3) is 11.8 Å². The van der Waals surface area contributed by atoms with E-state index >= 15 is 0 Å². The summed E-state index contributed by atoms with van der Waals surface area (Å²) < 4.78 is 24.2. The maximum absolute atomic E-state index is 12.5. The van der Waals surface area contributed by atoms with E-state index in [0.717, 1.165) is 0 Å². The molecule has 1 heterocycles. The van der Waals surface area contributed by atoms with E-state index in [4.69, 9.17) is 28.0 Å². The molecule has 0 saturated heterocycles. The lowest BCUT2D eigenvalue weighted by Crippen LogP contribution is -2.33. The zero-order chi connectivity index (χ0) is 19.9. The van der Waals surface area contributed by atoms with Crippen LogP contribution in [0.25, 0.3) is 0 Å². The van der Waals surface area contributed by atoms with Crippen molar-refractivity contribution in [2.45, 2.75) is 11.8 Å². The molecule has 10 heteroatoms. The highest BCUT2D eigenvalue weighted by atomic mass is 35.5. The summed E-state index contributed by atoms with van der Waals surface area (Å²) in [4.78, 5) is 41.7. The average molecular weight is 428 g/mol. The molecule has 1 aliphatic rings. The lowest BCUT2D eigenvalue weighted by Gasteiger charge is -2.15. The third-order valence-corrected chi connectivity index (χ3v) is 6.50. The Morgan fingerprint density at radius 2 is 1.59 bits per heavy atom. The van der Waals surface area contributed by atoms with Crippen LogP contribution in [0.2, 0.25) is 10.0 Å². The maximum atomic E-state index is 12.5. The summed E-state index contributed by atoms with van der Waals surface area (Å²) in [6.07, 6.45) is 0. The summed E-state index contributed by atoms with van der Waals surface area (Å²) in [7, 11) is -3.74. The van der Waals surface area contributed by atoms with Crippen molar-refractivity contribution >= 4 is 50.8 Å². The number of halogens is 2. The van der Waals surface area contributed by atoms with E-state index < -0.39 is 38.2 Å². The third kappa shape index (κ3) is 3.20. The molecule has 0 aromatic heterocycles. The number of carbonyl (C=O) groups excluding carboxylic acids is 3. The van der Waals surface area contributed by atoms with Gasteiger partial charge in [0, 0.05) is 0 Å². The first-order valence-electron chi connectivity index (χ1n) is 7.60. The number of hydrogen-bond donors (Lipinski definition) is 0. The van der Waals surface area contributed by atoms with Crippen molar-refractivity contribution in [3.63, 3.8) is 0 Å². The Bertz CT molecular complexity index is 1060. The van der Waals surface area contributed by atoms with Gasteiger partial charge in [-0.2, -0.15) is 0 Å². The fraction of sp³-hybridized carbons (Fsp3) is 0.118. The zero-order valence-electron chi connectivity index (χ0n) is 13.7. The Morgan fingerprint density at radius 1 is 1.04 bits per heavy atom. The molecule has 0 spiro atoms. The van der Waals surface area contributed by atoms with Gasteiger partial charge in [0.15, 0.2) is 9.84 Å². The SMILES string of the molecule is CCS(=O)(=O)c1ccc(Cl)c(C(=O)ON2C(=O)c3ccccc3C2=O)c1Cl. The van der Waals surface area contributed by atoms with Gasteiger partial charge in [-0.25, -0.2) is 13.2 Å². The largest absolute Gasteiger partial charge is 0.367 e. The van der Waals surface area contributed by atoms with E-state index in [-0.39, 0.29) is 26.8 Å². The van der Waals surface area contributed by atoms with Crippen LogP contribution in [0.15, 0.2) is 41.3 Å².